The molecule has 3 aromatic rings. The zero-order chi connectivity index (χ0) is 21.7. The van der Waals surface area contributed by atoms with E-state index in [4.69, 9.17) is 13.9 Å². The molecular weight excluding hydrogens is 516 g/mol. The molecule has 1 atom stereocenters. The number of ether oxygens (including phenoxy) is 2. The molecule has 1 amide bonds. The molecular formula is C22H22Br2N2O4. The van der Waals surface area contributed by atoms with Crippen LogP contribution in [0.3, 0.4) is 0 Å². The van der Waals surface area contributed by atoms with E-state index >= 15 is 0 Å². The number of amides is 1. The zero-order valence-electron chi connectivity index (χ0n) is 16.9. The molecule has 0 aliphatic carbocycles. The highest BCUT2D eigenvalue weighted by Gasteiger charge is 2.15. The van der Waals surface area contributed by atoms with Gasteiger partial charge in [-0.15, -0.1) is 0 Å². The number of fused-ring (bicyclic) bond motifs is 1. The Labute approximate surface area is 191 Å². The van der Waals surface area contributed by atoms with Crippen LogP contribution >= 0.6 is 31.9 Å². The molecule has 0 unspecified atom stereocenters. The van der Waals surface area contributed by atoms with Crippen LogP contribution in [0, 0.1) is 0 Å². The minimum absolute atomic E-state index is 0.0590. The van der Waals surface area contributed by atoms with Crippen LogP contribution < -0.4 is 14.9 Å². The van der Waals surface area contributed by atoms with E-state index in [-0.39, 0.29) is 11.9 Å². The predicted octanol–water partition coefficient (Wildman–Crippen LogP) is 6.30. The summed E-state index contributed by atoms with van der Waals surface area (Å²) >= 11 is 6.94. The second-order valence-electron chi connectivity index (χ2n) is 6.59. The van der Waals surface area contributed by atoms with Crippen LogP contribution in [0.4, 0.5) is 0 Å². The van der Waals surface area contributed by atoms with Crippen molar-refractivity contribution in [3.8, 4) is 11.5 Å². The predicted molar refractivity (Wildman–Crippen MR) is 125 cm³/mol. The first kappa shape index (κ1) is 22.4. The Hall–Kier alpha value is -2.32. The van der Waals surface area contributed by atoms with Gasteiger partial charge in [-0.2, -0.15) is 5.10 Å². The number of nitrogens with one attached hydrogen (secondary N) is 1. The average molecular weight is 538 g/mol. The van der Waals surface area contributed by atoms with Crippen molar-refractivity contribution in [3.05, 3.63) is 56.7 Å². The van der Waals surface area contributed by atoms with E-state index < -0.39 is 5.91 Å². The fourth-order valence-corrected chi connectivity index (χ4v) is 3.60. The van der Waals surface area contributed by atoms with E-state index in [2.05, 4.69) is 49.3 Å². The lowest BCUT2D eigenvalue weighted by atomic mass is 10.2. The summed E-state index contributed by atoms with van der Waals surface area (Å²) in [5.74, 6) is 1.02. The van der Waals surface area contributed by atoms with Gasteiger partial charge < -0.3 is 13.9 Å². The number of hydrogen-bond acceptors (Lipinski definition) is 5. The lowest BCUT2D eigenvalue weighted by Crippen LogP contribution is -2.16. The van der Waals surface area contributed by atoms with Crippen molar-refractivity contribution in [3.63, 3.8) is 0 Å². The minimum atomic E-state index is -0.431. The maximum Gasteiger partial charge on any atom is 0.307 e. The summed E-state index contributed by atoms with van der Waals surface area (Å²) in [6, 6.07) is 10.9. The summed E-state index contributed by atoms with van der Waals surface area (Å²) < 4.78 is 18.9. The lowest BCUT2D eigenvalue weighted by molar-refractivity contribution is 0.0929. The van der Waals surface area contributed by atoms with Crippen LogP contribution in [0.1, 0.15) is 43.3 Å². The Morgan fingerprint density at radius 2 is 2.03 bits per heavy atom. The average Bonchev–Trinajstić information content (AvgIpc) is 3.13. The van der Waals surface area contributed by atoms with Crippen LogP contribution in [-0.4, -0.2) is 24.8 Å². The maximum atomic E-state index is 12.3. The smallest absolute Gasteiger partial charge is 0.307 e. The van der Waals surface area contributed by atoms with Gasteiger partial charge >= 0.3 is 5.91 Å². The van der Waals surface area contributed by atoms with Gasteiger partial charge in [-0.25, -0.2) is 5.43 Å². The number of halogens is 2. The van der Waals surface area contributed by atoms with E-state index in [1.54, 1.807) is 12.1 Å². The Kier molecular flexibility index (Phi) is 7.55. The first-order valence-corrected chi connectivity index (χ1v) is 11.1. The van der Waals surface area contributed by atoms with E-state index in [1.807, 2.05) is 38.1 Å². The summed E-state index contributed by atoms with van der Waals surface area (Å²) in [6.07, 6.45) is 2.48. The van der Waals surface area contributed by atoms with Gasteiger partial charge in [0.05, 0.1) is 23.4 Å². The zero-order valence-corrected chi connectivity index (χ0v) is 20.0. The van der Waals surface area contributed by atoms with Crippen molar-refractivity contribution in [1.29, 1.82) is 0 Å². The second kappa shape index (κ2) is 10.1. The molecule has 0 saturated carbocycles. The number of carbonyl (C=O) groups excluding carboxylic acids is 1. The molecule has 0 radical (unpaired) electrons. The molecule has 0 spiro atoms. The van der Waals surface area contributed by atoms with Gasteiger partial charge in [-0.1, -0.05) is 22.9 Å². The Morgan fingerprint density at radius 1 is 1.23 bits per heavy atom. The van der Waals surface area contributed by atoms with Crippen molar-refractivity contribution in [2.75, 3.05) is 6.61 Å². The van der Waals surface area contributed by atoms with Gasteiger partial charge in [0.2, 0.25) is 0 Å². The standard InChI is InChI=1S/C22H22Br2N2O4/c1-4-13(3)29-21-17(24)8-14(9-19(21)28-5-2)12-25-26-22(27)20-11-15-10-16(23)6-7-18(15)30-20/h6-13H,4-5H2,1-3H3,(H,26,27)/b25-12+/t13-/m0/s1. The number of nitrogens with zero attached hydrogens (tertiary/aromatic N) is 1. The molecule has 1 N–H and O–H groups in total. The lowest BCUT2D eigenvalue weighted by Gasteiger charge is -2.18. The number of carbonyl (C=O) groups is 1. The molecule has 0 bridgehead atoms. The molecule has 8 heteroatoms. The third-order valence-corrected chi connectivity index (χ3v) is 5.39. The third-order valence-electron chi connectivity index (χ3n) is 4.31. The molecule has 2 aromatic carbocycles. The van der Waals surface area contributed by atoms with Crippen LogP contribution in [0.25, 0.3) is 11.0 Å². The van der Waals surface area contributed by atoms with E-state index in [9.17, 15) is 4.79 Å². The van der Waals surface area contributed by atoms with E-state index in [1.165, 1.54) is 6.21 Å². The van der Waals surface area contributed by atoms with Gasteiger partial charge in [0.15, 0.2) is 17.3 Å². The molecule has 6 nitrogen and oxygen atoms in total. The molecule has 30 heavy (non-hydrogen) atoms. The number of furan rings is 1. The van der Waals surface area contributed by atoms with Crippen molar-refractivity contribution < 1.29 is 18.7 Å². The van der Waals surface area contributed by atoms with Crippen molar-refractivity contribution in [2.24, 2.45) is 5.10 Å². The van der Waals surface area contributed by atoms with Gasteiger partial charge in [0.1, 0.15) is 5.58 Å². The Bertz CT molecular complexity index is 1080. The highest BCUT2D eigenvalue weighted by molar-refractivity contribution is 9.10. The monoisotopic (exact) mass is 536 g/mol. The summed E-state index contributed by atoms with van der Waals surface area (Å²) in [6.45, 7) is 6.48. The topological polar surface area (TPSA) is 73.1 Å². The first-order valence-electron chi connectivity index (χ1n) is 9.56. The summed E-state index contributed by atoms with van der Waals surface area (Å²) in [4.78, 5) is 12.3. The molecule has 0 aliphatic rings. The highest BCUT2D eigenvalue weighted by Crippen LogP contribution is 2.37. The van der Waals surface area contributed by atoms with Crippen molar-refractivity contribution in [2.45, 2.75) is 33.3 Å². The fraction of sp³-hybridized carbons (Fsp3) is 0.273. The van der Waals surface area contributed by atoms with E-state index in [0.717, 1.165) is 26.3 Å². The third kappa shape index (κ3) is 5.43. The number of hydrogen-bond donors (Lipinski definition) is 1. The van der Waals surface area contributed by atoms with Gasteiger partial charge in [0, 0.05) is 9.86 Å². The number of benzene rings is 2. The molecule has 1 aromatic heterocycles. The minimum Gasteiger partial charge on any atom is -0.490 e. The molecule has 3 rings (SSSR count). The fourth-order valence-electron chi connectivity index (χ4n) is 2.67. The van der Waals surface area contributed by atoms with Crippen LogP contribution in [0.15, 0.2) is 54.9 Å². The quantitative estimate of drug-likeness (QED) is 0.270. The Balaban J connectivity index is 1.75. The summed E-state index contributed by atoms with van der Waals surface area (Å²) in [7, 11) is 0. The van der Waals surface area contributed by atoms with Crippen LogP contribution in [0.5, 0.6) is 11.5 Å². The van der Waals surface area contributed by atoms with E-state index in [0.29, 0.717) is 23.7 Å². The maximum absolute atomic E-state index is 12.3. The first-order chi connectivity index (χ1) is 14.4. The molecule has 0 aliphatic heterocycles. The molecule has 1 heterocycles. The van der Waals surface area contributed by atoms with Gasteiger partial charge in [-0.3, -0.25) is 4.79 Å². The normalized spacial score (nSPS) is 12.3. The number of rotatable bonds is 8. The largest absolute Gasteiger partial charge is 0.490 e. The van der Waals surface area contributed by atoms with Crippen LogP contribution in [-0.2, 0) is 0 Å². The highest BCUT2D eigenvalue weighted by atomic mass is 79.9. The summed E-state index contributed by atoms with van der Waals surface area (Å²) in [5, 5.41) is 4.88. The van der Waals surface area contributed by atoms with Crippen molar-refractivity contribution >= 4 is 55.0 Å². The SMILES string of the molecule is CCOc1cc(/C=N/NC(=O)c2cc3cc(Br)ccc3o2)cc(Br)c1O[C@@H](C)CC. The second-order valence-corrected chi connectivity index (χ2v) is 8.36. The van der Waals surface area contributed by atoms with Gasteiger partial charge in [-0.05, 0) is 78.2 Å². The molecule has 158 valence electrons. The van der Waals surface area contributed by atoms with Crippen LogP contribution in [0.2, 0.25) is 0 Å². The Morgan fingerprint density at radius 3 is 2.77 bits per heavy atom. The summed E-state index contributed by atoms with van der Waals surface area (Å²) in [5.41, 5.74) is 3.87. The molecule has 0 fully saturated rings. The number of hydrazone groups is 1. The van der Waals surface area contributed by atoms with Gasteiger partial charge in [0.25, 0.3) is 0 Å². The molecule has 0 saturated heterocycles. The van der Waals surface area contributed by atoms with Crippen molar-refractivity contribution in [1.82, 2.24) is 5.43 Å².